The lowest BCUT2D eigenvalue weighted by Crippen LogP contribution is -2.07. The van der Waals surface area contributed by atoms with Crippen LogP contribution in [0.3, 0.4) is 0 Å². The SMILES string of the molecule is CC(=O)N=C(Cc1ccccc1)c1cccc(Cl)c1. The predicted octanol–water partition coefficient (Wildman–Crippen LogP) is 3.92. The van der Waals surface area contributed by atoms with Crippen LogP contribution in [-0.4, -0.2) is 11.6 Å². The molecule has 0 aromatic heterocycles. The first kappa shape index (κ1) is 13.5. The summed E-state index contributed by atoms with van der Waals surface area (Å²) in [6.45, 7) is 1.45. The molecule has 0 aliphatic carbocycles. The number of carbonyl (C=O) groups excluding carboxylic acids is 1. The van der Waals surface area contributed by atoms with Crippen molar-refractivity contribution in [2.75, 3.05) is 0 Å². The van der Waals surface area contributed by atoms with E-state index in [9.17, 15) is 4.79 Å². The molecule has 2 aromatic carbocycles. The van der Waals surface area contributed by atoms with Gasteiger partial charge in [-0.3, -0.25) is 4.79 Å². The molecule has 0 aliphatic rings. The van der Waals surface area contributed by atoms with Crippen molar-refractivity contribution in [3.63, 3.8) is 0 Å². The first-order valence-corrected chi connectivity index (χ1v) is 6.41. The third-order valence-corrected chi connectivity index (χ3v) is 2.90. The fourth-order valence-electron chi connectivity index (χ4n) is 1.85. The second-order valence-electron chi connectivity index (χ2n) is 4.25. The van der Waals surface area contributed by atoms with Gasteiger partial charge in [0.15, 0.2) is 0 Å². The summed E-state index contributed by atoms with van der Waals surface area (Å²) in [5, 5.41) is 0.641. The smallest absolute Gasteiger partial charge is 0.242 e. The minimum atomic E-state index is -0.203. The molecule has 0 spiro atoms. The maximum Gasteiger partial charge on any atom is 0.242 e. The maximum absolute atomic E-state index is 11.3. The van der Waals surface area contributed by atoms with Gasteiger partial charge >= 0.3 is 0 Å². The van der Waals surface area contributed by atoms with Crippen molar-refractivity contribution in [1.29, 1.82) is 0 Å². The first-order chi connectivity index (χ1) is 9.15. The van der Waals surface area contributed by atoms with E-state index in [2.05, 4.69) is 4.99 Å². The van der Waals surface area contributed by atoms with Crippen LogP contribution in [0.25, 0.3) is 0 Å². The summed E-state index contributed by atoms with van der Waals surface area (Å²) in [5.41, 5.74) is 2.73. The summed E-state index contributed by atoms with van der Waals surface area (Å²) in [6.07, 6.45) is 0.612. The number of amides is 1. The summed E-state index contributed by atoms with van der Waals surface area (Å²) < 4.78 is 0. The van der Waals surface area contributed by atoms with Crippen LogP contribution in [0.2, 0.25) is 5.02 Å². The molecule has 0 saturated heterocycles. The van der Waals surface area contributed by atoms with Gasteiger partial charge in [-0.05, 0) is 23.3 Å². The summed E-state index contributed by atoms with van der Waals surface area (Å²) in [7, 11) is 0. The largest absolute Gasteiger partial charge is 0.273 e. The van der Waals surface area contributed by atoms with Crippen molar-refractivity contribution in [2.24, 2.45) is 4.99 Å². The van der Waals surface area contributed by atoms with Crippen LogP contribution < -0.4 is 0 Å². The van der Waals surface area contributed by atoms with E-state index in [1.54, 1.807) is 6.07 Å². The van der Waals surface area contributed by atoms with Gasteiger partial charge in [-0.1, -0.05) is 54.1 Å². The fourth-order valence-corrected chi connectivity index (χ4v) is 2.04. The highest BCUT2D eigenvalue weighted by Crippen LogP contribution is 2.14. The highest BCUT2D eigenvalue weighted by atomic mass is 35.5. The monoisotopic (exact) mass is 271 g/mol. The van der Waals surface area contributed by atoms with E-state index >= 15 is 0 Å². The summed E-state index contributed by atoms with van der Waals surface area (Å²) >= 11 is 5.99. The molecule has 19 heavy (non-hydrogen) atoms. The molecule has 0 saturated carbocycles. The molecule has 1 amide bonds. The summed E-state index contributed by atoms with van der Waals surface area (Å²) in [5.74, 6) is -0.203. The lowest BCUT2D eigenvalue weighted by Gasteiger charge is -2.07. The lowest BCUT2D eigenvalue weighted by molar-refractivity contribution is -0.115. The number of halogens is 1. The molecular weight excluding hydrogens is 258 g/mol. The molecule has 0 bridgehead atoms. The van der Waals surface area contributed by atoms with Gasteiger partial charge in [0.05, 0.1) is 5.71 Å². The van der Waals surface area contributed by atoms with Gasteiger partial charge in [-0.15, -0.1) is 0 Å². The van der Waals surface area contributed by atoms with Gasteiger partial charge in [0.1, 0.15) is 0 Å². The maximum atomic E-state index is 11.3. The van der Waals surface area contributed by atoms with Crippen LogP contribution in [0.5, 0.6) is 0 Å². The van der Waals surface area contributed by atoms with E-state index in [4.69, 9.17) is 11.6 Å². The van der Waals surface area contributed by atoms with Gasteiger partial charge in [0.25, 0.3) is 0 Å². The highest BCUT2D eigenvalue weighted by molar-refractivity contribution is 6.31. The topological polar surface area (TPSA) is 29.4 Å². The van der Waals surface area contributed by atoms with Crippen molar-refractivity contribution in [1.82, 2.24) is 0 Å². The number of rotatable bonds is 3. The molecule has 0 radical (unpaired) electrons. The average Bonchev–Trinajstić information content (AvgIpc) is 2.39. The van der Waals surface area contributed by atoms with Crippen molar-refractivity contribution >= 4 is 23.2 Å². The predicted molar refractivity (Wildman–Crippen MR) is 78.8 cm³/mol. The lowest BCUT2D eigenvalue weighted by atomic mass is 10.0. The zero-order valence-corrected chi connectivity index (χ0v) is 11.4. The average molecular weight is 272 g/mol. The molecule has 0 heterocycles. The van der Waals surface area contributed by atoms with E-state index in [-0.39, 0.29) is 5.91 Å². The second kappa shape index (κ2) is 6.30. The van der Waals surface area contributed by atoms with E-state index in [1.165, 1.54) is 6.92 Å². The zero-order valence-electron chi connectivity index (χ0n) is 10.6. The molecular formula is C16H14ClNO. The van der Waals surface area contributed by atoms with Crippen molar-refractivity contribution in [3.8, 4) is 0 Å². The van der Waals surface area contributed by atoms with Crippen molar-refractivity contribution in [3.05, 3.63) is 70.7 Å². The Bertz CT molecular complexity index is 605. The van der Waals surface area contributed by atoms with Gasteiger partial charge in [-0.25, -0.2) is 4.99 Å². The molecule has 2 rings (SSSR count). The first-order valence-electron chi connectivity index (χ1n) is 6.03. The van der Waals surface area contributed by atoms with Crippen molar-refractivity contribution in [2.45, 2.75) is 13.3 Å². The van der Waals surface area contributed by atoms with E-state index in [0.29, 0.717) is 11.4 Å². The fraction of sp³-hybridized carbons (Fsp3) is 0.125. The second-order valence-corrected chi connectivity index (χ2v) is 4.69. The molecule has 0 N–H and O–H groups in total. The van der Waals surface area contributed by atoms with Gasteiger partial charge < -0.3 is 0 Å². The van der Waals surface area contributed by atoms with Crippen LogP contribution in [-0.2, 0) is 11.2 Å². The van der Waals surface area contributed by atoms with Gasteiger partial charge in [0.2, 0.25) is 5.91 Å². The highest BCUT2D eigenvalue weighted by Gasteiger charge is 2.07. The van der Waals surface area contributed by atoms with E-state index in [0.717, 1.165) is 16.8 Å². The normalized spacial score (nSPS) is 11.4. The Morgan fingerprint density at radius 2 is 1.84 bits per heavy atom. The number of hydrogen-bond acceptors (Lipinski definition) is 1. The van der Waals surface area contributed by atoms with Crippen LogP contribution in [0.15, 0.2) is 59.6 Å². The van der Waals surface area contributed by atoms with Crippen LogP contribution in [0.1, 0.15) is 18.1 Å². The summed E-state index contributed by atoms with van der Waals surface area (Å²) in [6, 6.07) is 17.3. The number of nitrogens with zero attached hydrogens (tertiary/aromatic N) is 1. The minimum absolute atomic E-state index is 0.203. The Morgan fingerprint density at radius 3 is 2.47 bits per heavy atom. The Morgan fingerprint density at radius 1 is 1.11 bits per heavy atom. The number of benzene rings is 2. The quantitative estimate of drug-likeness (QED) is 0.778. The molecule has 96 valence electrons. The molecule has 3 heteroatoms. The zero-order chi connectivity index (χ0) is 13.7. The molecule has 2 nitrogen and oxygen atoms in total. The van der Waals surface area contributed by atoms with Gasteiger partial charge in [0, 0.05) is 18.4 Å². The molecule has 2 aromatic rings. The number of hydrogen-bond donors (Lipinski definition) is 0. The van der Waals surface area contributed by atoms with Gasteiger partial charge in [-0.2, -0.15) is 0 Å². The Kier molecular flexibility index (Phi) is 4.48. The Balaban J connectivity index is 2.35. The number of carbonyl (C=O) groups is 1. The van der Waals surface area contributed by atoms with Crippen molar-refractivity contribution < 1.29 is 4.79 Å². The standard InChI is InChI=1S/C16H14ClNO/c1-12(19)18-16(10-13-6-3-2-4-7-13)14-8-5-9-15(17)11-14/h2-9,11H,10H2,1H3. The van der Waals surface area contributed by atoms with Crippen LogP contribution in [0, 0.1) is 0 Å². The third-order valence-electron chi connectivity index (χ3n) is 2.66. The minimum Gasteiger partial charge on any atom is -0.273 e. The Hall–Kier alpha value is -1.93. The number of aliphatic imine (C=N–C) groups is 1. The summed E-state index contributed by atoms with van der Waals surface area (Å²) in [4.78, 5) is 15.4. The third kappa shape index (κ3) is 4.04. The van der Waals surface area contributed by atoms with Crippen LogP contribution in [0.4, 0.5) is 0 Å². The van der Waals surface area contributed by atoms with Crippen LogP contribution >= 0.6 is 11.6 Å². The molecule has 0 unspecified atom stereocenters. The molecule has 0 aliphatic heterocycles. The van der Waals surface area contributed by atoms with E-state index < -0.39 is 0 Å². The van der Waals surface area contributed by atoms with E-state index in [1.807, 2.05) is 48.5 Å². The molecule has 0 fully saturated rings. The Labute approximate surface area is 117 Å². The molecule has 0 atom stereocenters.